The Morgan fingerprint density at radius 3 is 2.41 bits per heavy atom. The zero-order valence-electron chi connectivity index (χ0n) is 10.5. The molecule has 6 nitrogen and oxygen atoms in total. The van der Waals surface area contributed by atoms with E-state index < -0.39 is 23.7 Å². The first-order valence-electron chi connectivity index (χ1n) is 5.68. The van der Waals surface area contributed by atoms with Crippen molar-refractivity contribution in [2.75, 3.05) is 6.61 Å². The van der Waals surface area contributed by atoms with E-state index in [0.717, 1.165) is 0 Å². The summed E-state index contributed by atoms with van der Waals surface area (Å²) in [7, 11) is 0. The molecule has 1 fully saturated rings. The molecule has 17 heavy (non-hydrogen) atoms. The third-order valence-corrected chi connectivity index (χ3v) is 2.31. The molecule has 2 unspecified atom stereocenters. The number of amides is 2. The van der Waals surface area contributed by atoms with Crippen LogP contribution in [0, 0.1) is 0 Å². The monoisotopic (exact) mass is 244 g/mol. The number of rotatable bonds is 2. The van der Waals surface area contributed by atoms with Crippen molar-refractivity contribution in [2.24, 2.45) is 5.73 Å². The molecule has 1 aliphatic rings. The maximum absolute atomic E-state index is 11.5. The third-order valence-electron chi connectivity index (χ3n) is 2.31. The van der Waals surface area contributed by atoms with Gasteiger partial charge in [0, 0.05) is 0 Å². The minimum absolute atomic E-state index is 0.125. The molecular formula is C11H20N2O4. The van der Waals surface area contributed by atoms with Gasteiger partial charge in [0.05, 0.1) is 12.6 Å². The van der Waals surface area contributed by atoms with Crippen LogP contribution < -0.4 is 11.1 Å². The number of carbonyl (C=O) groups is 2. The first-order valence-corrected chi connectivity index (χ1v) is 5.68. The normalized spacial score (nSPS) is 25.1. The summed E-state index contributed by atoms with van der Waals surface area (Å²) < 4.78 is 10.4. The second-order valence-electron chi connectivity index (χ2n) is 5.14. The highest BCUT2D eigenvalue weighted by atomic mass is 16.6. The smallest absolute Gasteiger partial charge is 0.407 e. The van der Waals surface area contributed by atoms with Crippen molar-refractivity contribution in [1.82, 2.24) is 5.32 Å². The topological polar surface area (TPSA) is 90.6 Å². The van der Waals surface area contributed by atoms with E-state index in [0.29, 0.717) is 12.8 Å². The Balaban J connectivity index is 2.31. The highest BCUT2D eigenvalue weighted by Crippen LogP contribution is 2.14. The largest absolute Gasteiger partial charge is 0.444 e. The zero-order chi connectivity index (χ0) is 13.1. The molecule has 0 spiro atoms. The molecule has 98 valence electrons. The fourth-order valence-corrected chi connectivity index (χ4v) is 1.56. The number of hydrogen-bond acceptors (Lipinski definition) is 4. The summed E-state index contributed by atoms with van der Waals surface area (Å²) in [5.74, 6) is -0.458. The van der Waals surface area contributed by atoms with Crippen molar-refractivity contribution >= 4 is 12.0 Å². The summed E-state index contributed by atoms with van der Waals surface area (Å²) >= 11 is 0. The molecule has 2 atom stereocenters. The highest BCUT2D eigenvalue weighted by Gasteiger charge is 2.27. The van der Waals surface area contributed by atoms with E-state index >= 15 is 0 Å². The summed E-state index contributed by atoms with van der Waals surface area (Å²) in [5, 5.41) is 2.70. The standard InChI is InChI=1S/C11H20N2O4/c1-11(2,3)17-10(15)13-7-4-5-8(9(12)14)16-6-7/h7-8H,4-6H2,1-3H3,(H2,12,14)(H,13,15). The number of primary amides is 1. The van der Waals surface area contributed by atoms with E-state index in [1.165, 1.54) is 0 Å². The SMILES string of the molecule is CC(C)(C)OC(=O)NC1CCC(C(N)=O)OC1. The van der Waals surface area contributed by atoms with Gasteiger partial charge in [0.25, 0.3) is 0 Å². The number of nitrogens with two attached hydrogens (primary N) is 1. The summed E-state index contributed by atoms with van der Waals surface area (Å²) in [6.45, 7) is 5.68. The number of ether oxygens (including phenoxy) is 2. The summed E-state index contributed by atoms with van der Waals surface area (Å²) in [6, 6.07) is -0.125. The molecule has 0 aliphatic carbocycles. The molecule has 1 rings (SSSR count). The Hall–Kier alpha value is -1.30. The second-order valence-corrected chi connectivity index (χ2v) is 5.14. The van der Waals surface area contributed by atoms with Crippen molar-refractivity contribution in [3.8, 4) is 0 Å². The fraction of sp³-hybridized carbons (Fsp3) is 0.818. The number of nitrogens with one attached hydrogen (secondary N) is 1. The third kappa shape index (κ3) is 5.04. The van der Waals surface area contributed by atoms with Crippen molar-refractivity contribution in [3.63, 3.8) is 0 Å². The van der Waals surface area contributed by atoms with E-state index in [1.54, 1.807) is 20.8 Å². The lowest BCUT2D eigenvalue weighted by molar-refractivity contribution is -0.132. The number of hydrogen-bond donors (Lipinski definition) is 2. The molecule has 2 amide bonds. The minimum atomic E-state index is -0.535. The van der Waals surface area contributed by atoms with Crippen LogP contribution in [0.5, 0.6) is 0 Å². The second kappa shape index (κ2) is 5.35. The first-order chi connectivity index (χ1) is 7.78. The number of alkyl carbamates (subject to hydrolysis) is 1. The van der Waals surface area contributed by atoms with Gasteiger partial charge in [-0.15, -0.1) is 0 Å². The van der Waals surface area contributed by atoms with Crippen LogP contribution in [0.3, 0.4) is 0 Å². The predicted octanol–water partition coefficient (Wildman–Crippen LogP) is 0.544. The minimum Gasteiger partial charge on any atom is -0.444 e. The molecule has 1 saturated heterocycles. The maximum Gasteiger partial charge on any atom is 0.407 e. The molecule has 0 aromatic carbocycles. The molecular weight excluding hydrogens is 224 g/mol. The van der Waals surface area contributed by atoms with Crippen LogP contribution in [0.1, 0.15) is 33.6 Å². The summed E-state index contributed by atoms with van der Waals surface area (Å²) in [5.41, 5.74) is 4.60. The van der Waals surface area contributed by atoms with Gasteiger partial charge in [0.1, 0.15) is 11.7 Å². The van der Waals surface area contributed by atoms with Gasteiger partial charge < -0.3 is 20.5 Å². The lowest BCUT2D eigenvalue weighted by atomic mass is 10.0. The van der Waals surface area contributed by atoms with Gasteiger partial charge in [-0.3, -0.25) is 4.79 Å². The first kappa shape index (κ1) is 13.8. The van der Waals surface area contributed by atoms with E-state index in [9.17, 15) is 9.59 Å². The predicted molar refractivity (Wildman–Crippen MR) is 61.3 cm³/mol. The van der Waals surface area contributed by atoms with Crippen molar-refractivity contribution < 1.29 is 19.1 Å². The lowest BCUT2D eigenvalue weighted by Crippen LogP contribution is -2.47. The van der Waals surface area contributed by atoms with E-state index in [4.69, 9.17) is 15.2 Å². The average molecular weight is 244 g/mol. The Bertz CT molecular complexity index is 290. The van der Waals surface area contributed by atoms with Crippen molar-refractivity contribution in [3.05, 3.63) is 0 Å². The van der Waals surface area contributed by atoms with Gasteiger partial charge >= 0.3 is 6.09 Å². The molecule has 0 aromatic heterocycles. The van der Waals surface area contributed by atoms with Gasteiger partial charge in [-0.1, -0.05) is 0 Å². The van der Waals surface area contributed by atoms with Gasteiger partial charge in [-0.25, -0.2) is 4.79 Å². The van der Waals surface area contributed by atoms with Crippen LogP contribution in [-0.2, 0) is 14.3 Å². The van der Waals surface area contributed by atoms with Crippen LogP contribution in [0.2, 0.25) is 0 Å². The van der Waals surface area contributed by atoms with Gasteiger partial charge in [-0.05, 0) is 33.6 Å². The van der Waals surface area contributed by atoms with Crippen molar-refractivity contribution in [1.29, 1.82) is 0 Å². The quantitative estimate of drug-likeness (QED) is 0.742. The van der Waals surface area contributed by atoms with Crippen LogP contribution in [-0.4, -0.2) is 36.4 Å². The highest BCUT2D eigenvalue weighted by molar-refractivity contribution is 5.78. The Labute approximate surface area is 101 Å². The fourth-order valence-electron chi connectivity index (χ4n) is 1.56. The van der Waals surface area contributed by atoms with Crippen LogP contribution in [0.4, 0.5) is 4.79 Å². The summed E-state index contributed by atoms with van der Waals surface area (Å²) in [4.78, 5) is 22.3. The van der Waals surface area contributed by atoms with Gasteiger partial charge in [0.2, 0.25) is 5.91 Å². The Morgan fingerprint density at radius 1 is 1.35 bits per heavy atom. The van der Waals surface area contributed by atoms with Gasteiger partial charge in [-0.2, -0.15) is 0 Å². The van der Waals surface area contributed by atoms with Crippen LogP contribution in [0.25, 0.3) is 0 Å². The maximum atomic E-state index is 11.5. The zero-order valence-corrected chi connectivity index (χ0v) is 10.5. The van der Waals surface area contributed by atoms with Crippen LogP contribution in [0.15, 0.2) is 0 Å². The van der Waals surface area contributed by atoms with Gasteiger partial charge in [0.15, 0.2) is 0 Å². The molecule has 6 heteroatoms. The molecule has 1 heterocycles. The van der Waals surface area contributed by atoms with E-state index in [-0.39, 0.29) is 12.6 Å². The van der Waals surface area contributed by atoms with E-state index in [1.807, 2.05) is 0 Å². The molecule has 0 radical (unpaired) electrons. The van der Waals surface area contributed by atoms with E-state index in [2.05, 4.69) is 5.32 Å². The molecule has 3 N–H and O–H groups in total. The molecule has 0 aromatic rings. The van der Waals surface area contributed by atoms with Crippen molar-refractivity contribution in [2.45, 2.75) is 51.4 Å². The molecule has 0 bridgehead atoms. The number of carbonyl (C=O) groups excluding carboxylic acids is 2. The Morgan fingerprint density at radius 2 is 2.00 bits per heavy atom. The Kier molecular flexibility index (Phi) is 4.34. The lowest BCUT2D eigenvalue weighted by Gasteiger charge is -2.29. The summed E-state index contributed by atoms with van der Waals surface area (Å²) in [6.07, 6.45) is 0.179. The molecule has 0 saturated carbocycles. The average Bonchev–Trinajstić information content (AvgIpc) is 2.15. The van der Waals surface area contributed by atoms with Crippen LogP contribution >= 0.6 is 0 Å². The molecule has 1 aliphatic heterocycles.